The summed E-state index contributed by atoms with van der Waals surface area (Å²) in [5, 5.41) is 3.11. The van der Waals surface area contributed by atoms with Gasteiger partial charge < -0.3 is 15.8 Å². The van der Waals surface area contributed by atoms with Gasteiger partial charge in [-0.25, -0.2) is 0 Å². The number of nitrogens with zero attached hydrogens (tertiary/aromatic N) is 1. The molecule has 3 N–H and O–H groups in total. The molecule has 0 aromatic heterocycles. The highest BCUT2D eigenvalue weighted by Crippen LogP contribution is 2.18. The normalized spacial score (nSPS) is 13.0. The van der Waals surface area contributed by atoms with Gasteiger partial charge in [-0.3, -0.25) is 4.99 Å². The Kier molecular flexibility index (Phi) is 6.24. The Morgan fingerprint density at radius 2 is 1.83 bits per heavy atom. The van der Waals surface area contributed by atoms with Gasteiger partial charge >= 0.3 is 0 Å². The second kappa shape index (κ2) is 8.39. The van der Waals surface area contributed by atoms with Crippen LogP contribution in [0, 0.1) is 6.92 Å². The summed E-state index contributed by atoms with van der Waals surface area (Å²) in [7, 11) is 0. The van der Waals surface area contributed by atoms with Crippen molar-refractivity contribution in [1.82, 2.24) is 0 Å². The van der Waals surface area contributed by atoms with Crippen LogP contribution in [0.25, 0.3) is 0 Å². The van der Waals surface area contributed by atoms with Crippen LogP contribution in [0.5, 0.6) is 5.75 Å². The van der Waals surface area contributed by atoms with Crippen LogP contribution in [0.2, 0.25) is 0 Å². The number of hydrogen-bond acceptors (Lipinski definition) is 2. The van der Waals surface area contributed by atoms with E-state index >= 15 is 0 Å². The monoisotopic (exact) mass is 325 g/mol. The van der Waals surface area contributed by atoms with Gasteiger partial charge in [-0.15, -0.1) is 0 Å². The number of hydrogen-bond donors (Lipinski definition) is 2. The molecule has 0 aliphatic rings. The first-order valence-electron chi connectivity index (χ1n) is 8.34. The van der Waals surface area contributed by atoms with E-state index in [1.165, 1.54) is 11.1 Å². The van der Waals surface area contributed by atoms with E-state index in [1.807, 2.05) is 38.1 Å². The molecule has 2 aromatic carbocycles. The molecule has 128 valence electrons. The fraction of sp³-hybridized carbons (Fsp3) is 0.350. The minimum Gasteiger partial charge on any atom is -0.491 e. The number of ether oxygens (including phenoxy) is 1. The average molecular weight is 325 g/mol. The van der Waals surface area contributed by atoms with Gasteiger partial charge in [-0.2, -0.15) is 0 Å². The summed E-state index contributed by atoms with van der Waals surface area (Å²) < 4.78 is 5.62. The van der Waals surface area contributed by atoms with E-state index in [-0.39, 0.29) is 6.10 Å². The first-order valence-corrected chi connectivity index (χ1v) is 8.34. The van der Waals surface area contributed by atoms with Crippen molar-refractivity contribution in [3.05, 3.63) is 59.7 Å². The molecule has 1 unspecified atom stereocenters. The molecule has 0 heterocycles. The number of guanidine groups is 1. The molecule has 2 rings (SSSR count). The number of anilines is 1. The topological polar surface area (TPSA) is 59.6 Å². The highest BCUT2D eigenvalue weighted by molar-refractivity contribution is 5.92. The second-order valence-electron chi connectivity index (χ2n) is 6.36. The van der Waals surface area contributed by atoms with E-state index in [2.05, 4.69) is 48.4 Å². The zero-order chi connectivity index (χ0) is 17.5. The Hall–Kier alpha value is -2.49. The predicted octanol–water partition coefficient (Wildman–Crippen LogP) is 4.31. The van der Waals surface area contributed by atoms with E-state index < -0.39 is 0 Å². The zero-order valence-electron chi connectivity index (χ0n) is 14.9. The van der Waals surface area contributed by atoms with Crippen LogP contribution in [0.4, 0.5) is 5.69 Å². The summed E-state index contributed by atoms with van der Waals surface area (Å²) in [5.41, 5.74) is 9.43. The lowest BCUT2D eigenvalue weighted by atomic mass is 10.00. The fourth-order valence-electron chi connectivity index (χ4n) is 2.39. The van der Waals surface area contributed by atoms with Crippen LogP contribution < -0.4 is 15.8 Å². The number of nitrogens with one attached hydrogen (secondary N) is 1. The van der Waals surface area contributed by atoms with Crippen molar-refractivity contribution in [3.63, 3.8) is 0 Å². The Bertz CT molecular complexity index is 678. The Morgan fingerprint density at radius 3 is 2.46 bits per heavy atom. The standard InChI is InChI=1S/C20H27N3O/c1-14(2)24-19-10-8-18(9-11-19)23-20(21)22-13-16(4)17-7-5-6-15(3)12-17/h5-12,14,16H,13H2,1-4H3,(H3,21,22,23). The third kappa shape index (κ3) is 5.61. The lowest BCUT2D eigenvalue weighted by molar-refractivity contribution is 0.242. The van der Waals surface area contributed by atoms with E-state index in [1.54, 1.807) is 0 Å². The van der Waals surface area contributed by atoms with Crippen LogP contribution in [0.1, 0.15) is 37.8 Å². The van der Waals surface area contributed by atoms with Crippen LogP contribution in [0.3, 0.4) is 0 Å². The van der Waals surface area contributed by atoms with E-state index in [4.69, 9.17) is 10.5 Å². The molecular formula is C20H27N3O. The van der Waals surface area contributed by atoms with Crippen molar-refractivity contribution in [2.45, 2.75) is 39.7 Å². The van der Waals surface area contributed by atoms with Gasteiger partial charge in [-0.05, 0) is 50.6 Å². The molecular weight excluding hydrogens is 298 g/mol. The second-order valence-corrected chi connectivity index (χ2v) is 6.36. The molecule has 4 nitrogen and oxygen atoms in total. The largest absolute Gasteiger partial charge is 0.491 e. The lowest BCUT2D eigenvalue weighted by Crippen LogP contribution is -2.23. The lowest BCUT2D eigenvalue weighted by Gasteiger charge is -2.12. The van der Waals surface area contributed by atoms with Crippen LogP contribution >= 0.6 is 0 Å². The van der Waals surface area contributed by atoms with Gasteiger partial charge in [0.2, 0.25) is 0 Å². The Labute approximate surface area is 144 Å². The van der Waals surface area contributed by atoms with Gasteiger partial charge in [-0.1, -0.05) is 36.8 Å². The van der Waals surface area contributed by atoms with Crippen LogP contribution in [0.15, 0.2) is 53.5 Å². The van der Waals surface area contributed by atoms with Crippen molar-refractivity contribution < 1.29 is 4.74 Å². The molecule has 0 bridgehead atoms. The van der Waals surface area contributed by atoms with Crippen molar-refractivity contribution in [3.8, 4) is 5.75 Å². The molecule has 24 heavy (non-hydrogen) atoms. The average Bonchev–Trinajstić information content (AvgIpc) is 2.54. The molecule has 0 amide bonds. The minimum atomic E-state index is 0.165. The number of benzene rings is 2. The summed E-state index contributed by atoms with van der Waals surface area (Å²) in [6.45, 7) is 8.92. The summed E-state index contributed by atoms with van der Waals surface area (Å²) in [6.07, 6.45) is 0.165. The molecule has 1 atom stereocenters. The molecule has 0 spiro atoms. The molecule has 0 aliphatic heterocycles. The summed E-state index contributed by atoms with van der Waals surface area (Å²) in [5.74, 6) is 1.60. The van der Waals surface area contributed by atoms with Crippen molar-refractivity contribution in [2.75, 3.05) is 11.9 Å². The van der Waals surface area contributed by atoms with Gasteiger partial charge in [0.1, 0.15) is 5.75 Å². The maximum Gasteiger partial charge on any atom is 0.193 e. The van der Waals surface area contributed by atoms with Gasteiger partial charge in [0.25, 0.3) is 0 Å². The summed E-state index contributed by atoms with van der Waals surface area (Å²) in [4.78, 5) is 4.45. The molecule has 0 fully saturated rings. The Balaban J connectivity index is 1.91. The third-order valence-corrected chi connectivity index (χ3v) is 3.65. The van der Waals surface area contributed by atoms with Gasteiger partial charge in [0, 0.05) is 18.2 Å². The van der Waals surface area contributed by atoms with Gasteiger partial charge in [0.15, 0.2) is 5.96 Å². The molecule has 4 heteroatoms. The maximum absolute atomic E-state index is 5.99. The van der Waals surface area contributed by atoms with Crippen molar-refractivity contribution in [2.24, 2.45) is 10.7 Å². The summed E-state index contributed by atoms with van der Waals surface area (Å²) in [6, 6.07) is 16.2. The molecule has 0 aliphatic carbocycles. The third-order valence-electron chi connectivity index (χ3n) is 3.65. The minimum absolute atomic E-state index is 0.165. The van der Waals surface area contributed by atoms with Gasteiger partial charge in [0.05, 0.1) is 6.10 Å². The SMILES string of the molecule is Cc1cccc(C(C)CN=C(N)Nc2ccc(OC(C)C)cc2)c1. The predicted molar refractivity (Wildman–Crippen MR) is 102 cm³/mol. The number of rotatable bonds is 6. The maximum atomic E-state index is 5.99. The highest BCUT2D eigenvalue weighted by Gasteiger charge is 2.05. The van der Waals surface area contributed by atoms with Crippen molar-refractivity contribution in [1.29, 1.82) is 0 Å². The smallest absolute Gasteiger partial charge is 0.193 e. The molecule has 2 aromatic rings. The molecule has 0 saturated carbocycles. The number of nitrogens with two attached hydrogens (primary N) is 1. The first-order chi connectivity index (χ1) is 11.4. The molecule has 0 radical (unpaired) electrons. The Morgan fingerprint density at radius 1 is 1.12 bits per heavy atom. The zero-order valence-corrected chi connectivity index (χ0v) is 14.9. The number of aryl methyl sites for hydroxylation is 1. The van der Waals surface area contributed by atoms with Crippen LogP contribution in [-0.4, -0.2) is 18.6 Å². The highest BCUT2D eigenvalue weighted by atomic mass is 16.5. The quantitative estimate of drug-likeness (QED) is 0.614. The fourth-order valence-corrected chi connectivity index (χ4v) is 2.39. The van der Waals surface area contributed by atoms with E-state index in [0.717, 1.165) is 11.4 Å². The van der Waals surface area contributed by atoms with E-state index in [0.29, 0.717) is 18.4 Å². The first kappa shape index (κ1) is 17.9. The molecule has 0 saturated heterocycles. The summed E-state index contributed by atoms with van der Waals surface area (Å²) >= 11 is 0. The van der Waals surface area contributed by atoms with Crippen molar-refractivity contribution >= 4 is 11.6 Å². The number of aliphatic imine (C=N–C) groups is 1. The van der Waals surface area contributed by atoms with Crippen LogP contribution in [-0.2, 0) is 0 Å². The van der Waals surface area contributed by atoms with E-state index in [9.17, 15) is 0 Å².